The predicted octanol–water partition coefficient (Wildman–Crippen LogP) is 1.59. The molecule has 1 aliphatic heterocycles. The fourth-order valence-corrected chi connectivity index (χ4v) is 1.84. The summed E-state index contributed by atoms with van der Waals surface area (Å²) in [4.78, 5) is 11.6. The zero-order chi connectivity index (χ0) is 11.5. The molecule has 1 atom stereocenters. The SMILES string of the molecule is CCOC(=O)[C@@H]1Cc2ccc(OC)cc2N1. The lowest BCUT2D eigenvalue weighted by atomic mass is 10.1. The average molecular weight is 221 g/mol. The summed E-state index contributed by atoms with van der Waals surface area (Å²) in [6, 6.07) is 5.50. The molecule has 0 amide bonds. The fourth-order valence-electron chi connectivity index (χ4n) is 1.84. The van der Waals surface area contributed by atoms with Gasteiger partial charge in [-0.25, -0.2) is 4.79 Å². The summed E-state index contributed by atoms with van der Waals surface area (Å²) in [6.07, 6.45) is 0.679. The van der Waals surface area contributed by atoms with E-state index in [-0.39, 0.29) is 12.0 Å². The zero-order valence-corrected chi connectivity index (χ0v) is 9.45. The molecule has 4 heteroatoms. The van der Waals surface area contributed by atoms with Crippen molar-refractivity contribution in [3.63, 3.8) is 0 Å². The number of carbonyl (C=O) groups excluding carboxylic acids is 1. The highest BCUT2D eigenvalue weighted by Gasteiger charge is 2.27. The maximum atomic E-state index is 11.6. The number of anilines is 1. The quantitative estimate of drug-likeness (QED) is 0.787. The molecule has 16 heavy (non-hydrogen) atoms. The third-order valence-electron chi connectivity index (χ3n) is 2.64. The summed E-state index contributed by atoms with van der Waals surface area (Å²) in [5, 5.41) is 3.14. The van der Waals surface area contributed by atoms with Crippen molar-refractivity contribution in [2.75, 3.05) is 19.0 Å². The van der Waals surface area contributed by atoms with E-state index in [1.807, 2.05) is 25.1 Å². The third-order valence-corrected chi connectivity index (χ3v) is 2.64. The Balaban J connectivity index is 2.11. The topological polar surface area (TPSA) is 47.6 Å². The van der Waals surface area contributed by atoms with E-state index in [2.05, 4.69) is 5.32 Å². The molecule has 0 unspecified atom stereocenters. The van der Waals surface area contributed by atoms with Gasteiger partial charge in [-0.05, 0) is 18.6 Å². The van der Waals surface area contributed by atoms with Crippen molar-refractivity contribution in [1.82, 2.24) is 0 Å². The van der Waals surface area contributed by atoms with Crippen LogP contribution in [0.1, 0.15) is 12.5 Å². The van der Waals surface area contributed by atoms with Crippen molar-refractivity contribution in [2.45, 2.75) is 19.4 Å². The van der Waals surface area contributed by atoms with Gasteiger partial charge in [0.15, 0.2) is 0 Å². The molecule has 1 aliphatic rings. The average Bonchev–Trinajstić information content (AvgIpc) is 2.71. The van der Waals surface area contributed by atoms with E-state index >= 15 is 0 Å². The smallest absolute Gasteiger partial charge is 0.328 e. The summed E-state index contributed by atoms with van der Waals surface area (Å²) in [5.41, 5.74) is 2.08. The first-order chi connectivity index (χ1) is 7.74. The Bertz CT molecular complexity index is 403. The summed E-state index contributed by atoms with van der Waals surface area (Å²) >= 11 is 0. The first-order valence-electron chi connectivity index (χ1n) is 5.34. The lowest BCUT2D eigenvalue weighted by Crippen LogP contribution is -2.28. The monoisotopic (exact) mass is 221 g/mol. The summed E-state index contributed by atoms with van der Waals surface area (Å²) in [7, 11) is 1.62. The van der Waals surface area contributed by atoms with E-state index in [4.69, 9.17) is 9.47 Å². The molecule has 0 saturated carbocycles. The number of carbonyl (C=O) groups is 1. The summed E-state index contributed by atoms with van der Waals surface area (Å²) < 4.78 is 10.1. The largest absolute Gasteiger partial charge is 0.497 e. The fraction of sp³-hybridized carbons (Fsp3) is 0.417. The molecule has 1 heterocycles. The van der Waals surface area contributed by atoms with E-state index in [1.54, 1.807) is 7.11 Å². The Morgan fingerprint density at radius 3 is 3.06 bits per heavy atom. The van der Waals surface area contributed by atoms with Gasteiger partial charge in [0.25, 0.3) is 0 Å². The highest BCUT2D eigenvalue weighted by molar-refractivity contribution is 5.83. The van der Waals surface area contributed by atoms with Crippen molar-refractivity contribution in [3.05, 3.63) is 23.8 Å². The van der Waals surface area contributed by atoms with Crippen LogP contribution >= 0.6 is 0 Å². The van der Waals surface area contributed by atoms with Crippen molar-refractivity contribution in [3.8, 4) is 5.75 Å². The Kier molecular flexibility index (Phi) is 2.99. The van der Waals surface area contributed by atoms with E-state index in [9.17, 15) is 4.79 Å². The Labute approximate surface area is 94.6 Å². The molecule has 0 aliphatic carbocycles. The molecule has 0 radical (unpaired) electrons. The molecule has 0 spiro atoms. The summed E-state index contributed by atoms with van der Waals surface area (Å²) in [6.45, 7) is 2.22. The van der Waals surface area contributed by atoms with E-state index in [1.165, 1.54) is 0 Å². The molecule has 4 nitrogen and oxygen atoms in total. The second-order valence-electron chi connectivity index (χ2n) is 3.68. The van der Waals surface area contributed by atoms with Crippen LogP contribution in [0.2, 0.25) is 0 Å². The second kappa shape index (κ2) is 4.43. The van der Waals surface area contributed by atoms with Gasteiger partial charge in [-0.2, -0.15) is 0 Å². The van der Waals surface area contributed by atoms with Gasteiger partial charge in [0.2, 0.25) is 0 Å². The number of fused-ring (bicyclic) bond motifs is 1. The third kappa shape index (κ3) is 1.96. The van der Waals surface area contributed by atoms with Gasteiger partial charge >= 0.3 is 5.97 Å². The predicted molar refractivity (Wildman–Crippen MR) is 60.7 cm³/mol. The lowest BCUT2D eigenvalue weighted by molar-refractivity contribution is -0.143. The second-order valence-corrected chi connectivity index (χ2v) is 3.68. The first kappa shape index (κ1) is 10.8. The van der Waals surface area contributed by atoms with Crippen molar-refractivity contribution in [1.29, 1.82) is 0 Å². The van der Waals surface area contributed by atoms with Crippen LogP contribution in [0.25, 0.3) is 0 Å². The van der Waals surface area contributed by atoms with Crippen LogP contribution in [0, 0.1) is 0 Å². The van der Waals surface area contributed by atoms with Crippen LogP contribution in [-0.4, -0.2) is 25.7 Å². The Morgan fingerprint density at radius 2 is 2.38 bits per heavy atom. The van der Waals surface area contributed by atoms with E-state index in [0.29, 0.717) is 13.0 Å². The van der Waals surface area contributed by atoms with Gasteiger partial charge in [0, 0.05) is 18.2 Å². The zero-order valence-electron chi connectivity index (χ0n) is 9.45. The van der Waals surface area contributed by atoms with Crippen LogP contribution in [0.4, 0.5) is 5.69 Å². The maximum absolute atomic E-state index is 11.6. The minimum atomic E-state index is -0.262. The Morgan fingerprint density at radius 1 is 1.56 bits per heavy atom. The number of hydrogen-bond donors (Lipinski definition) is 1. The first-order valence-corrected chi connectivity index (χ1v) is 5.34. The van der Waals surface area contributed by atoms with Gasteiger partial charge in [-0.3, -0.25) is 0 Å². The number of ether oxygens (including phenoxy) is 2. The standard InChI is InChI=1S/C12H15NO3/c1-3-16-12(14)11-6-8-4-5-9(15-2)7-10(8)13-11/h4-5,7,11,13H,3,6H2,1-2H3/t11-/m0/s1. The van der Waals surface area contributed by atoms with Gasteiger partial charge in [-0.1, -0.05) is 6.07 Å². The van der Waals surface area contributed by atoms with Crippen LogP contribution in [-0.2, 0) is 16.0 Å². The molecule has 0 saturated heterocycles. The van der Waals surface area contributed by atoms with Crippen LogP contribution in [0.3, 0.4) is 0 Å². The molecule has 2 rings (SSSR count). The number of methoxy groups -OCH3 is 1. The molecular formula is C12H15NO3. The minimum Gasteiger partial charge on any atom is -0.497 e. The lowest BCUT2D eigenvalue weighted by Gasteiger charge is -2.09. The number of benzene rings is 1. The normalized spacial score (nSPS) is 17.5. The molecule has 1 aromatic rings. The molecule has 86 valence electrons. The van der Waals surface area contributed by atoms with Crippen molar-refractivity contribution < 1.29 is 14.3 Å². The van der Waals surface area contributed by atoms with E-state index < -0.39 is 0 Å². The molecule has 0 fully saturated rings. The van der Waals surface area contributed by atoms with Crippen LogP contribution in [0.5, 0.6) is 5.75 Å². The van der Waals surface area contributed by atoms with Crippen LogP contribution < -0.4 is 10.1 Å². The van der Waals surface area contributed by atoms with Gasteiger partial charge < -0.3 is 14.8 Å². The number of nitrogens with one attached hydrogen (secondary N) is 1. The molecule has 1 N–H and O–H groups in total. The van der Waals surface area contributed by atoms with Gasteiger partial charge in [0.05, 0.1) is 13.7 Å². The van der Waals surface area contributed by atoms with Crippen molar-refractivity contribution >= 4 is 11.7 Å². The Hall–Kier alpha value is -1.71. The number of rotatable bonds is 3. The molecule has 1 aromatic carbocycles. The van der Waals surface area contributed by atoms with Gasteiger partial charge in [-0.15, -0.1) is 0 Å². The van der Waals surface area contributed by atoms with Crippen molar-refractivity contribution in [2.24, 2.45) is 0 Å². The van der Waals surface area contributed by atoms with Gasteiger partial charge in [0.1, 0.15) is 11.8 Å². The van der Waals surface area contributed by atoms with E-state index in [0.717, 1.165) is 17.0 Å². The molecule has 0 bridgehead atoms. The number of esters is 1. The highest BCUT2D eigenvalue weighted by Crippen LogP contribution is 2.29. The minimum absolute atomic E-state index is 0.197. The molecular weight excluding hydrogens is 206 g/mol. The summed E-state index contributed by atoms with van der Waals surface area (Å²) in [5.74, 6) is 0.591. The van der Waals surface area contributed by atoms with Crippen LogP contribution in [0.15, 0.2) is 18.2 Å². The molecule has 0 aromatic heterocycles. The highest BCUT2D eigenvalue weighted by atomic mass is 16.5. The number of hydrogen-bond acceptors (Lipinski definition) is 4. The maximum Gasteiger partial charge on any atom is 0.328 e.